The zero-order valence-electron chi connectivity index (χ0n) is 24.4. The number of hydrogen-bond acceptors (Lipinski definition) is 7. The monoisotopic (exact) mass is 586 g/mol. The molecule has 0 bridgehead atoms. The van der Waals surface area contributed by atoms with Crippen molar-refractivity contribution in [2.45, 2.75) is 90.0 Å². The number of alkyl halides is 3. The number of hydrogen-bond donors (Lipinski definition) is 3. The van der Waals surface area contributed by atoms with Crippen LogP contribution in [0.1, 0.15) is 70.6 Å². The van der Waals surface area contributed by atoms with Crippen LogP contribution in [0.25, 0.3) is 0 Å². The van der Waals surface area contributed by atoms with Gasteiger partial charge < -0.3 is 30.1 Å². The normalized spacial score (nSPS) is 17.9. The Morgan fingerprint density at radius 1 is 1.17 bits per heavy atom. The molecule has 2 aliphatic heterocycles. The largest absolute Gasteiger partial charge is 0.480 e. The summed E-state index contributed by atoms with van der Waals surface area (Å²) in [5, 5.41) is 15.3. The van der Waals surface area contributed by atoms with Crippen LogP contribution >= 0.6 is 0 Å². The average molecular weight is 587 g/mol. The number of pyridine rings is 1. The summed E-state index contributed by atoms with van der Waals surface area (Å²) in [4.78, 5) is 31.6. The second-order valence-electron chi connectivity index (χ2n) is 11.9. The van der Waals surface area contributed by atoms with E-state index in [1.807, 2.05) is 25.7 Å². The lowest BCUT2D eigenvalue weighted by Gasteiger charge is -2.38. The SMILES string of the molecule is CC(C)(C)OCCN(CCCCc1ccc2c(n1)NCCC2)CCC(NC(=O)C1(C(F)(F)F)CCOCC1)C(=O)O. The van der Waals surface area contributed by atoms with E-state index in [4.69, 9.17) is 14.5 Å². The number of fused-ring (bicyclic) bond motifs is 1. The summed E-state index contributed by atoms with van der Waals surface area (Å²) in [5.74, 6) is -1.69. The van der Waals surface area contributed by atoms with Crippen LogP contribution in [0.5, 0.6) is 0 Å². The molecule has 232 valence electrons. The summed E-state index contributed by atoms with van der Waals surface area (Å²) in [6.45, 7) is 8.24. The topological polar surface area (TPSA) is 113 Å². The van der Waals surface area contributed by atoms with Crippen LogP contribution in [0.15, 0.2) is 12.1 Å². The molecule has 0 saturated carbocycles. The fraction of sp³-hybridized carbons (Fsp3) is 0.759. The molecule has 1 atom stereocenters. The van der Waals surface area contributed by atoms with E-state index in [9.17, 15) is 27.9 Å². The van der Waals surface area contributed by atoms with Gasteiger partial charge in [-0.3, -0.25) is 4.79 Å². The second kappa shape index (κ2) is 14.6. The Bertz CT molecular complexity index is 1010. The number of nitrogens with one attached hydrogen (secondary N) is 2. The maximum absolute atomic E-state index is 13.9. The van der Waals surface area contributed by atoms with Gasteiger partial charge in [-0.05, 0) is 90.3 Å². The highest BCUT2D eigenvalue weighted by atomic mass is 19.4. The van der Waals surface area contributed by atoms with Crippen molar-refractivity contribution in [2.75, 3.05) is 51.3 Å². The second-order valence-corrected chi connectivity index (χ2v) is 11.9. The minimum Gasteiger partial charge on any atom is -0.480 e. The Morgan fingerprint density at radius 2 is 1.90 bits per heavy atom. The number of unbranched alkanes of at least 4 members (excludes halogenated alkanes) is 1. The van der Waals surface area contributed by atoms with Crippen molar-refractivity contribution in [3.63, 3.8) is 0 Å². The summed E-state index contributed by atoms with van der Waals surface area (Å²) in [6.07, 6.45) is -1.25. The maximum atomic E-state index is 13.9. The number of ether oxygens (including phenoxy) is 2. The van der Waals surface area contributed by atoms with Gasteiger partial charge in [-0.2, -0.15) is 13.2 Å². The zero-order valence-corrected chi connectivity index (χ0v) is 24.4. The highest BCUT2D eigenvalue weighted by Gasteiger charge is 2.60. The summed E-state index contributed by atoms with van der Waals surface area (Å²) in [7, 11) is 0. The number of amides is 1. The molecule has 3 heterocycles. The summed E-state index contributed by atoms with van der Waals surface area (Å²) < 4.78 is 52.7. The fourth-order valence-electron chi connectivity index (χ4n) is 5.19. The molecule has 9 nitrogen and oxygen atoms in total. The number of carboxylic acids is 1. The van der Waals surface area contributed by atoms with E-state index >= 15 is 0 Å². The van der Waals surface area contributed by atoms with Crippen LogP contribution in [0, 0.1) is 5.41 Å². The Hall–Kier alpha value is -2.44. The minimum absolute atomic E-state index is 0.0287. The van der Waals surface area contributed by atoms with E-state index in [0.717, 1.165) is 50.2 Å². The van der Waals surface area contributed by atoms with E-state index in [0.29, 0.717) is 19.7 Å². The van der Waals surface area contributed by atoms with Crippen molar-refractivity contribution in [3.05, 3.63) is 23.4 Å². The Kier molecular flexibility index (Phi) is 11.8. The van der Waals surface area contributed by atoms with Crippen molar-refractivity contribution in [3.8, 4) is 0 Å². The van der Waals surface area contributed by atoms with E-state index < -0.39 is 42.4 Å². The molecule has 1 saturated heterocycles. The van der Waals surface area contributed by atoms with Crippen molar-refractivity contribution in [1.29, 1.82) is 0 Å². The molecule has 1 aromatic heterocycles. The number of anilines is 1. The number of carboxylic acid groups (broad SMARTS) is 1. The fourth-order valence-corrected chi connectivity index (χ4v) is 5.19. The lowest BCUT2D eigenvalue weighted by molar-refractivity contribution is -0.240. The predicted molar refractivity (Wildman–Crippen MR) is 149 cm³/mol. The number of rotatable bonds is 14. The quantitative estimate of drug-likeness (QED) is 0.278. The summed E-state index contributed by atoms with van der Waals surface area (Å²) >= 11 is 0. The molecule has 1 amide bonds. The Labute approximate surface area is 240 Å². The van der Waals surface area contributed by atoms with Crippen LogP contribution in [0.2, 0.25) is 0 Å². The lowest BCUT2D eigenvalue weighted by atomic mass is 9.78. The van der Waals surface area contributed by atoms with Gasteiger partial charge in [0.05, 0.1) is 12.2 Å². The average Bonchev–Trinajstić information content (AvgIpc) is 2.91. The van der Waals surface area contributed by atoms with Crippen LogP contribution in [0.3, 0.4) is 0 Å². The predicted octanol–water partition coefficient (Wildman–Crippen LogP) is 4.20. The van der Waals surface area contributed by atoms with Gasteiger partial charge in [0, 0.05) is 38.5 Å². The molecule has 0 aliphatic carbocycles. The molecular formula is C29H45F3N4O5. The van der Waals surface area contributed by atoms with Gasteiger partial charge in [-0.15, -0.1) is 0 Å². The molecular weight excluding hydrogens is 541 g/mol. The third kappa shape index (κ3) is 9.82. The molecule has 0 aromatic carbocycles. The van der Waals surface area contributed by atoms with Gasteiger partial charge in [-0.1, -0.05) is 6.07 Å². The van der Waals surface area contributed by atoms with E-state index in [-0.39, 0.29) is 31.8 Å². The number of aryl methyl sites for hydroxylation is 2. The summed E-state index contributed by atoms with van der Waals surface area (Å²) in [6, 6.07) is 2.75. The molecule has 0 radical (unpaired) electrons. The standard InChI is InChI=1S/C29H45F3N4O5/c1-27(2,3)41-20-17-36(15-5-4-8-22-10-9-21-7-6-14-33-24(21)34-22)16-11-23(25(37)38)35-26(39)28(29(30,31)32)12-18-40-19-13-28/h9-10,23H,4-8,11-20H2,1-3H3,(H,33,34)(H,35,39)(H,37,38). The van der Waals surface area contributed by atoms with Crippen LogP contribution < -0.4 is 10.6 Å². The number of nitrogens with zero attached hydrogens (tertiary/aromatic N) is 2. The third-order valence-electron chi connectivity index (χ3n) is 7.71. The van der Waals surface area contributed by atoms with Crippen LogP contribution in [-0.4, -0.2) is 90.7 Å². The molecule has 2 aliphatic rings. The highest BCUT2D eigenvalue weighted by Crippen LogP contribution is 2.46. The van der Waals surface area contributed by atoms with E-state index in [2.05, 4.69) is 22.8 Å². The first-order chi connectivity index (χ1) is 19.3. The molecule has 1 fully saturated rings. The highest BCUT2D eigenvalue weighted by molar-refractivity contribution is 5.88. The zero-order chi connectivity index (χ0) is 30.1. The minimum atomic E-state index is -4.80. The maximum Gasteiger partial charge on any atom is 0.403 e. The molecule has 1 aromatic rings. The van der Waals surface area contributed by atoms with Gasteiger partial charge >= 0.3 is 12.1 Å². The Balaban J connectivity index is 1.57. The van der Waals surface area contributed by atoms with E-state index in [1.54, 1.807) is 0 Å². The lowest BCUT2D eigenvalue weighted by Crippen LogP contribution is -2.57. The smallest absolute Gasteiger partial charge is 0.403 e. The number of carbonyl (C=O) groups is 2. The first kappa shape index (κ1) is 33.1. The molecule has 3 N–H and O–H groups in total. The van der Waals surface area contributed by atoms with Gasteiger partial charge in [0.25, 0.3) is 0 Å². The Morgan fingerprint density at radius 3 is 2.56 bits per heavy atom. The molecule has 1 unspecified atom stereocenters. The molecule has 3 rings (SSSR count). The van der Waals surface area contributed by atoms with Crippen molar-refractivity contribution >= 4 is 17.7 Å². The van der Waals surface area contributed by atoms with Gasteiger partial charge in [0.15, 0.2) is 0 Å². The van der Waals surface area contributed by atoms with Crippen molar-refractivity contribution in [1.82, 2.24) is 15.2 Å². The first-order valence-electron chi connectivity index (χ1n) is 14.6. The van der Waals surface area contributed by atoms with Gasteiger partial charge in [-0.25, -0.2) is 9.78 Å². The summed E-state index contributed by atoms with van der Waals surface area (Å²) in [5.41, 5.74) is -0.728. The van der Waals surface area contributed by atoms with Gasteiger partial charge in [0.2, 0.25) is 5.91 Å². The molecule has 41 heavy (non-hydrogen) atoms. The molecule has 12 heteroatoms. The van der Waals surface area contributed by atoms with Crippen molar-refractivity contribution < 1.29 is 37.3 Å². The number of aliphatic carboxylic acids is 1. The van der Waals surface area contributed by atoms with Crippen LogP contribution in [-0.2, 0) is 31.9 Å². The number of carbonyl (C=O) groups excluding carboxylic acids is 1. The van der Waals surface area contributed by atoms with E-state index in [1.165, 1.54) is 5.56 Å². The van der Waals surface area contributed by atoms with Gasteiger partial charge in [0.1, 0.15) is 17.3 Å². The third-order valence-corrected chi connectivity index (χ3v) is 7.71. The van der Waals surface area contributed by atoms with Crippen molar-refractivity contribution in [2.24, 2.45) is 5.41 Å². The molecule has 0 spiro atoms. The van der Waals surface area contributed by atoms with Crippen LogP contribution in [0.4, 0.5) is 19.0 Å². The number of halogens is 3. The first-order valence-corrected chi connectivity index (χ1v) is 14.6. The number of aromatic nitrogens is 1.